The molecule has 88 heavy (non-hydrogen) atoms. The first kappa shape index (κ1) is 61.3. The predicted octanol–water partition coefficient (Wildman–Crippen LogP) is 16.4. The van der Waals surface area contributed by atoms with Gasteiger partial charge in [-0.15, -0.1) is 0 Å². The number of hydrogen-bond donors (Lipinski definition) is 5. The Kier molecular flexibility index (Phi) is 16.6. The summed E-state index contributed by atoms with van der Waals surface area (Å²) in [4.78, 5) is 0. The van der Waals surface area contributed by atoms with Crippen LogP contribution in [0.5, 0.6) is 69.0 Å². The van der Waals surface area contributed by atoms with Crippen molar-refractivity contribution in [2.24, 2.45) is 17.8 Å². The maximum Gasteiger partial charge on any atom is 0.165 e. The highest BCUT2D eigenvalue weighted by Gasteiger charge is 2.51. The molecule has 0 bridgehead atoms. The lowest BCUT2D eigenvalue weighted by atomic mass is 9.67. The fourth-order valence-corrected chi connectivity index (χ4v) is 15.5. The van der Waals surface area contributed by atoms with Crippen LogP contribution in [0.4, 0.5) is 0 Å². The van der Waals surface area contributed by atoms with Gasteiger partial charge in [-0.25, -0.2) is 0 Å². The van der Waals surface area contributed by atoms with Crippen molar-refractivity contribution in [1.29, 1.82) is 0 Å². The Balaban J connectivity index is 1.14. The lowest BCUT2D eigenvalue weighted by Crippen LogP contribution is -2.37. The van der Waals surface area contributed by atoms with Crippen LogP contribution in [0.15, 0.2) is 103 Å². The summed E-state index contributed by atoms with van der Waals surface area (Å²) < 4.78 is 52.4. The van der Waals surface area contributed by atoms with E-state index in [2.05, 4.69) is 156 Å². The van der Waals surface area contributed by atoms with Crippen LogP contribution in [0, 0.1) is 73.1 Å². The topological polar surface area (TPSA) is 175 Å². The zero-order valence-electron chi connectivity index (χ0n) is 51.2. The predicted molar refractivity (Wildman–Crippen MR) is 354 cm³/mol. The first-order chi connectivity index (χ1) is 42.1. The van der Waals surface area contributed by atoms with Crippen LogP contribution < -0.4 is 37.0 Å². The molecule has 4 aliphatic heterocycles. The summed E-state index contributed by atoms with van der Waals surface area (Å²) >= 11 is 0. The van der Waals surface area contributed by atoms with Crippen LogP contribution in [-0.4, -0.2) is 31.6 Å². The highest BCUT2D eigenvalue weighted by Crippen LogP contribution is 2.65. The number of fused-ring (bicyclic) bond motifs is 4. The summed E-state index contributed by atoms with van der Waals surface area (Å²) in [7, 11) is 8.96. The second kappa shape index (κ2) is 23.8. The van der Waals surface area contributed by atoms with E-state index in [4.69, 9.17) is 37.0 Å². The third-order valence-corrected chi connectivity index (χ3v) is 20.5. The van der Waals surface area contributed by atoms with Gasteiger partial charge in [0.2, 0.25) is 0 Å². The summed E-state index contributed by atoms with van der Waals surface area (Å²) in [5, 5.41) is 61.2. The van der Waals surface area contributed by atoms with Gasteiger partial charge >= 0.3 is 0 Å². The molecule has 0 radical (unpaired) electrons. The van der Waals surface area contributed by atoms with Crippen LogP contribution in [0.25, 0.3) is 0 Å². The third-order valence-electron chi connectivity index (χ3n) is 19.4. The van der Waals surface area contributed by atoms with Gasteiger partial charge in [0.1, 0.15) is 70.4 Å². The number of aromatic hydroxyl groups is 4. The molecule has 5 N–H and O–H groups in total. The molecule has 0 saturated carbocycles. The maximum absolute atomic E-state index is 13.3. The fourth-order valence-electron chi connectivity index (χ4n) is 14.8. The summed E-state index contributed by atoms with van der Waals surface area (Å²) in [5.41, 5.74) is 17.0. The van der Waals surface area contributed by atoms with Crippen molar-refractivity contribution in [2.45, 2.75) is 131 Å². The Morgan fingerprint density at radius 3 is 1.43 bits per heavy atom. The number of phenolic OH excluding ortho intramolecular Hbond substituents is 4. The Hall–Kier alpha value is -6.96. The first-order valence-electron chi connectivity index (χ1n) is 29.7. The number of aliphatic hydroxyl groups excluding tert-OH is 1. The number of phenols is 4. The van der Waals surface area contributed by atoms with E-state index in [1.807, 2.05) is 6.92 Å². The van der Waals surface area contributed by atoms with Crippen molar-refractivity contribution in [2.75, 3.05) is 0 Å². The number of ether oxygens (including phenoxy) is 4. The normalized spacial score (nSPS) is 23.4. The molecule has 13 nitrogen and oxygen atoms in total. The molecule has 0 fully saturated rings. The Bertz CT molecular complexity index is 4110. The van der Waals surface area contributed by atoms with Crippen molar-refractivity contribution in [3.63, 3.8) is 0 Å². The molecule has 458 valence electrons. The Morgan fingerprint density at radius 2 is 0.864 bits per heavy atom. The molecule has 0 amide bonds. The van der Waals surface area contributed by atoms with Crippen LogP contribution in [-0.2, 0) is 6.42 Å². The molecular weight excluding hydrogens is 1180 g/mol. The van der Waals surface area contributed by atoms with Crippen molar-refractivity contribution < 1.29 is 62.6 Å². The van der Waals surface area contributed by atoms with E-state index in [0.717, 1.165) is 67.8 Å². The molecule has 8 aromatic carbocycles. The van der Waals surface area contributed by atoms with Gasteiger partial charge in [0.25, 0.3) is 0 Å². The molecule has 4 aliphatic rings. The van der Waals surface area contributed by atoms with E-state index in [1.165, 1.54) is 40.5 Å². The minimum atomic E-state index is -1.49. The standard InChI is InChI=1S/C71H76O13P4/c1-30-12-14-41(22-32(30)3)65-38(9)24-46-34(5)20-35(6)55(69(46)78-65)58-39(10)66(42-15-13-31(2)33(4)23-42)79-70-56(58)36(7)21-37(8)57(70)59-40(11)67(43-16-18-47(72)48(73)25-43)80-71-60(59)49(74)29-50(75)61(71)63-62-53(27-45(81-85)28-54(62)84-88)77-68(64(63)76)44-17-19-51(82-86)52(26-44)83-87/h12-23,25-29,38-40,58-59,63-68,72-76H,24,85-88H2,1-11H3. The van der Waals surface area contributed by atoms with E-state index in [-0.39, 0.29) is 69.7 Å². The van der Waals surface area contributed by atoms with Crippen LogP contribution in [0.1, 0.15) is 169 Å². The average Bonchev–Trinajstić information content (AvgIpc) is 0.724. The summed E-state index contributed by atoms with van der Waals surface area (Å²) in [6.07, 6.45) is -3.42. The highest BCUT2D eigenvalue weighted by atomic mass is 31.0. The van der Waals surface area contributed by atoms with Crippen molar-refractivity contribution in [3.05, 3.63) is 209 Å². The summed E-state index contributed by atoms with van der Waals surface area (Å²) in [5.74, 6) is -0.875. The zero-order chi connectivity index (χ0) is 62.6. The van der Waals surface area contributed by atoms with Gasteiger partial charge < -0.3 is 62.6 Å². The van der Waals surface area contributed by atoms with Crippen LogP contribution in [0.3, 0.4) is 0 Å². The molecule has 15 unspecified atom stereocenters. The number of aliphatic hydroxyl groups is 1. The van der Waals surface area contributed by atoms with E-state index >= 15 is 0 Å². The molecule has 0 spiro atoms. The first-order valence-corrected chi connectivity index (χ1v) is 31.6. The Labute approximate surface area is 524 Å². The largest absolute Gasteiger partial charge is 0.507 e. The smallest absolute Gasteiger partial charge is 0.165 e. The van der Waals surface area contributed by atoms with Crippen molar-refractivity contribution in [1.82, 2.24) is 0 Å². The van der Waals surface area contributed by atoms with Crippen molar-refractivity contribution >= 4 is 37.9 Å². The second-order valence-corrected chi connectivity index (χ2v) is 25.8. The van der Waals surface area contributed by atoms with Gasteiger partial charge in [-0.3, -0.25) is 0 Å². The van der Waals surface area contributed by atoms with Gasteiger partial charge in [-0.1, -0.05) is 81.4 Å². The molecule has 0 saturated heterocycles. The number of rotatable bonds is 11. The molecule has 15 atom stereocenters. The van der Waals surface area contributed by atoms with Gasteiger partial charge in [0.05, 0.1) is 43.8 Å². The van der Waals surface area contributed by atoms with Crippen LogP contribution in [0.2, 0.25) is 0 Å². The van der Waals surface area contributed by atoms with E-state index in [0.29, 0.717) is 45.3 Å². The molecular formula is C71H76O13P4. The van der Waals surface area contributed by atoms with Crippen molar-refractivity contribution in [3.8, 4) is 69.0 Å². The van der Waals surface area contributed by atoms with E-state index in [9.17, 15) is 25.5 Å². The number of benzene rings is 8. The average molecular weight is 1260 g/mol. The quantitative estimate of drug-likeness (QED) is 0.0612. The van der Waals surface area contributed by atoms with Gasteiger partial charge in [-0.05, 0) is 158 Å². The SMILES string of the molecule is Cc1ccc(C2Oc3c(c(C)cc(C)c3C3c4c(C)cc(C)c(C5c6c(O)cc(O)c(C7c8c(OP)cc(OP)cc8OC(c8ccc(OP)c(OP)c8)C7O)c6OC(c6ccc(O)c(O)c6)C5C)c4OC(c4ccc(C)c(C)c4)C3C)CC2C)cc1C. The number of hydrogen-bond acceptors (Lipinski definition) is 13. The highest BCUT2D eigenvalue weighted by molar-refractivity contribution is 7.11. The van der Waals surface area contributed by atoms with Gasteiger partial charge in [0, 0.05) is 81.2 Å². The molecule has 8 aromatic rings. The fraction of sp³-hybridized carbons (Fsp3) is 0.324. The monoisotopic (exact) mass is 1260 g/mol. The summed E-state index contributed by atoms with van der Waals surface area (Å²) in [6.45, 7) is 23.8. The Morgan fingerprint density at radius 1 is 0.375 bits per heavy atom. The maximum atomic E-state index is 13.3. The van der Waals surface area contributed by atoms with Crippen LogP contribution >= 0.6 is 37.9 Å². The van der Waals surface area contributed by atoms with E-state index < -0.39 is 42.2 Å². The minimum Gasteiger partial charge on any atom is -0.507 e. The van der Waals surface area contributed by atoms with Gasteiger partial charge in [0.15, 0.2) is 29.1 Å². The van der Waals surface area contributed by atoms with E-state index in [1.54, 1.807) is 36.4 Å². The van der Waals surface area contributed by atoms with Gasteiger partial charge in [-0.2, -0.15) is 0 Å². The molecule has 12 rings (SSSR count). The zero-order valence-corrected chi connectivity index (χ0v) is 55.8. The summed E-state index contributed by atoms with van der Waals surface area (Å²) in [6, 6.07) is 32.2. The lowest BCUT2D eigenvalue weighted by molar-refractivity contribution is 0.00577. The second-order valence-electron chi connectivity index (χ2n) is 24.9. The molecule has 4 heterocycles. The third kappa shape index (κ3) is 10.2. The number of aryl methyl sites for hydroxylation is 8. The molecule has 17 heteroatoms. The minimum absolute atomic E-state index is 0.0825. The lowest BCUT2D eigenvalue weighted by Gasteiger charge is -2.46. The molecule has 0 aliphatic carbocycles. The molecule has 0 aromatic heterocycles.